The van der Waals surface area contributed by atoms with Crippen LogP contribution in [0.2, 0.25) is 0 Å². The van der Waals surface area contributed by atoms with Gasteiger partial charge in [-0.2, -0.15) is 0 Å². The summed E-state index contributed by atoms with van der Waals surface area (Å²) in [4.78, 5) is 42.4. The van der Waals surface area contributed by atoms with Crippen molar-refractivity contribution in [1.29, 1.82) is 0 Å². The maximum atomic E-state index is 12.7. The molecule has 1 aromatic carbocycles. The first-order valence-electron chi connectivity index (χ1n) is 12.3. The molecule has 0 amide bonds. The Morgan fingerprint density at radius 2 is 1.41 bits per heavy atom. The molecule has 0 fully saturated rings. The fraction of sp³-hybridized carbons (Fsp3) is 0.556. The number of hydrogen-bond acceptors (Lipinski definition) is 7. The van der Waals surface area contributed by atoms with E-state index in [0.29, 0.717) is 24.1 Å². The monoisotopic (exact) mass is 471 g/mol. The van der Waals surface area contributed by atoms with Gasteiger partial charge in [-0.1, -0.05) is 63.9 Å². The van der Waals surface area contributed by atoms with Crippen molar-refractivity contribution >= 4 is 23.2 Å². The molecule has 0 aliphatic heterocycles. The number of carbonyl (C=O) groups is 3. The third-order valence-corrected chi connectivity index (χ3v) is 5.84. The van der Waals surface area contributed by atoms with E-state index in [2.05, 4.69) is 12.1 Å². The zero-order valence-electron chi connectivity index (χ0n) is 20.9. The van der Waals surface area contributed by atoms with Crippen LogP contribution in [0.4, 0.5) is 0 Å². The second-order valence-electron chi connectivity index (χ2n) is 8.45. The molecule has 0 N–H and O–H groups in total. The molecule has 7 nitrogen and oxygen atoms in total. The molecule has 0 saturated carbocycles. The van der Waals surface area contributed by atoms with Crippen molar-refractivity contribution in [2.45, 2.75) is 84.5 Å². The lowest BCUT2D eigenvalue weighted by Crippen LogP contribution is -2.18. The molecular weight excluding hydrogens is 434 g/mol. The summed E-state index contributed by atoms with van der Waals surface area (Å²) in [6, 6.07) is 1.64. The number of nitrogens with zero attached hydrogens (tertiary/aromatic N) is 1. The molecule has 0 saturated heterocycles. The summed E-state index contributed by atoms with van der Waals surface area (Å²) < 4.78 is 11.0. The van der Waals surface area contributed by atoms with Gasteiger partial charge in [-0.15, -0.1) is 0 Å². The molecule has 0 bridgehead atoms. The van der Waals surface area contributed by atoms with Crippen LogP contribution in [-0.2, 0) is 9.63 Å². The minimum atomic E-state index is -0.422. The molecule has 0 unspecified atom stereocenters. The first-order valence-corrected chi connectivity index (χ1v) is 12.3. The SMILES string of the molecule is CCCCCCCCCCC(=NOC(=O)CCC)c1cc(OC)c2c(c1OC)C(=O)C=CC2=O. The number of rotatable bonds is 15. The van der Waals surface area contributed by atoms with Crippen molar-refractivity contribution in [2.24, 2.45) is 5.16 Å². The predicted octanol–water partition coefficient (Wildman–Crippen LogP) is 6.22. The summed E-state index contributed by atoms with van der Waals surface area (Å²) in [5, 5.41) is 4.17. The molecule has 1 aromatic rings. The minimum absolute atomic E-state index is 0.146. The Morgan fingerprint density at radius 1 is 0.794 bits per heavy atom. The maximum Gasteiger partial charge on any atom is 0.335 e. The number of fused-ring (bicyclic) bond motifs is 1. The molecule has 0 heterocycles. The second-order valence-corrected chi connectivity index (χ2v) is 8.45. The number of allylic oxidation sites excluding steroid dienone is 2. The molecule has 0 spiro atoms. The van der Waals surface area contributed by atoms with Crippen LogP contribution in [0.3, 0.4) is 0 Å². The zero-order valence-corrected chi connectivity index (χ0v) is 20.9. The summed E-state index contributed by atoms with van der Waals surface area (Å²) >= 11 is 0. The summed E-state index contributed by atoms with van der Waals surface area (Å²) in [6.45, 7) is 4.10. The van der Waals surface area contributed by atoms with Crippen molar-refractivity contribution in [1.82, 2.24) is 0 Å². The normalized spacial score (nSPS) is 13.1. The van der Waals surface area contributed by atoms with E-state index in [-0.39, 0.29) is 40.6 Å². The molecule has 1 aliphatic rings. The van der Waals surface area contributed by atoms with E-state index in [1.54, 1.807) is 6.07 Å². The third kappa shape index (κ3) is 7.27. The zero-order chi connectivity index (χ0) is 24.9. The molecule has 0 radical (unpaired) electrons. The Bertz CT molecular complexity index is 932. The number of benzene rings is 1. The van der Waals surface area contributed by atoms with Crippen LogP contribution >= 0.6 is 0 Å². The van der Waals surface area contributed by atoms with E-state index in [1.807, 2.05) is 6.92 Å². The van der Waals surface area contributed by atoms with E-state index < -0.39 is 5.97 Å². The fourth-order valence-corrected chi connectivity index (χ4v) is 4.04. The number of unbranched alkanes of at least 4 members (excludes halogenated alkanes) is 7. The molecule has 186 valence electrons. The van der Waals surface area contributed by atoms with Crippen LogP contribution < -0.4 is 9.47 Å². The average molecular weight is 472 g/mol. The molecular formula is C27H37NO6. The van der Waals surface area contributed by atoms with E-state index in [4.69, 9.17) is 14.3 Å². The maximum absolute atomic E-state index is 12.7. The standard InChI is InChI=1S/C27H37NO6/c1-5-7-8-9-10-11-12-13-15-20(28-34-24(31)14-6-2)19-18-23(32-3)25-21(29)16-17-22(30)26(25)27(19)33-4/h16-18H,5-15H2,1-4H3. The van der Waals surface area contributed by atoms with Gasteiger partial charge in [0, 0.05) is 12.0 Å². The van der Waals surface area contributed by atoms with Crippen molar-refractivity contribution < 1.29 is 28.7 Å². The Morgan fingerprint density at radius 3 is 2.00 bits per heavy atom. The third-order valence-electron chi connectivity index (χ3n) is 5.84. The Kier molecular flexibility index (Phi) is 11.5. The molecule has 34 heavy (non-hydrogen) atoms. The summed E-state index contributed by atoms with van der Waals surface area (Å²) in [5.41, 5.74) is 1.29. The number of carbonyl (C=O) groups excluding carboxylic acids is 3. The van der Waals surface area contributed by atoms with Gasteiger partial charge in [-0.3, -0.25) is 9.59 Å². The van der Waals surface area contributed by atoms with Gasteiger partial charge >= 0.3 is 5.97 Å². The van der Waals surface area contributed by atoms with Crippen molar-refractivity contribution in [3.8, 4) is 11.5 Å². The summed E-state index contributed by atoms with van der Waals surface area (Å²) in [7, 11) is 2.89. The topological polar surface area (TPSA) is 91.3 Å². The quantitative estimate of drug-likeness (QED) is 0.131. The fourth-order valence-electron chi connectivity index (χ4n) is 4.04. The molecule has 2 rings (SSSR count). The number of oxime groups is 1. The van der Waals surface area contributed by atoms with Crippen LogP contribution in [-0.4, -0.2) is 37.5 Å². The lowest BCUT2D eigenvalue weighted by molar-refractivity contribution is -0.143. The first kappa shape index (κ1) is 27.3. The summed E-state index contributed by atoms with van der Waals surface area (Å²) in [5.74, 6) is -0.595. The van der Waals surface area contributed by atoms with Crippen molar-refractivity contribution in [3.05, 3.63) is 34.9 Å². The van der Waals surface area contributed by atoms with Crippen LogP contribution in [0.25, 0.3) is 0 Å². The van der Waals surface area contributed by atoms with Gasteiger partial charge in [0.15, 0.2) is 11.6 Å². The highest BCUT2D eigenvalue weighted by Crippen LogP contribution is 2.38. The van der Waals surface area contributed by atoms with Gasteiger partial charge < -0.3 is 14.3 Å². The Hall–Kier alpha value is -2.96. The van der Waals surface area contributed by atoms with Crippen molar-refractivity contribution in [2.75, 3.05) is 14.2 Å². The molecule has 7 heteroatoms. The Balaban J connectivity index is 2.33. The van der Waals surface area contributed by atoms with Gasteiger partial charge in [0.1, 0.15) is 11.5 Å². The molecule has 0 aromatic heterocycles. The van der Waals surface area contributed by atoms with Gasteiger partial charge in [0.05, 0.1) is 31.1 Å². The number of ether oxygens (including phenoxy) is 2. The van der Waals surface area contributed by atoms with E-state index in [9.17, 15) is 14.4 Å². The van der Waals surface area contributed by atoms with E-state index in [0.717, 1.165) is 19.3 Å². The van der Waals surface area contributed by atoms with Gasteiger partial charge in [0.2, 0.25) is 0 Å². The highest BCUT2D eigenvalue weighted by molar-refractivity contribution is 6.25. The first-order chi connectivity index (χ1) is 16.5. The smallest absolute Gasteiger partial charge is 0.335 e. The van der Waals surface area contributed by atoms with E-state index in [1.165, 1.54) is 58.5 Å². The van der Waals surface area contributed by atoms with Gasteiger partial charge in [-0.05, 0) is 37.5 Å². The van der Waals surface area contributed by atoms with Crippen LogP contribution in [0.5, 0.6) is 11.5 Å². The van der Waals surface area contributed by atoms with E-state index >= 15 is 0 Å². The predicted molar refractivity (Wildman–Crippen MR) is 132 cm³/mol. The molecule has 0 atom stereocenters. The lowest BCUT2D eigenvalue weighted by Gasteiger charge is -2.20. The van der Waals surface area contributed by atoms with Crippen molar-refractivity contribution in [3.63, 3.8) is 0 Å². The largest absolute Gasteiger partial charge is 0.496 e. The number of hydrogen-bond donors (Lipinski definition) is 0. The number of methoxy groups -OCH3 is 2. The second kappa shape index (κ2) is 14.3. The summed E-state index contributed by atoms with van der Waals surface area (Å²) in [6.07, 6.45) is 13.1. The van der Waals surface area contributed by atoms with Crippen LogP contribution in [0.1, 0.15) is 111 Å². The highest BCUT2D eigenvalue weighted by Gasteiger charge is 2.31. The Labute approximate surface area is 202 Å². The number of ketones is 2. The van der Waals surface area contributed by atoms with Gasteiger partial charge in [-0.25, -0.2) is 4.79 Å². The van der Waals surface area contributed by atoms with Crippen LogP contribution in [0, 0.1) is 0 Å². The average Bonchev–Trinajstić information content (AvgIpc) is 2.84. The highest BCUT2D eigenvalue weighted by atomic mass is 16.7. The minimum Gasteiger partial charge on any atom is -0.496 e. The van der Waals surface area contributed by atoms with Crippen LogP contribution in [0.15, 0.2) is 23.4 Å². The molecule has 1 aliphatic carbocycles. The lowest BCUT2D eigenvalue weighted by atomic mass is 9.88. The van der Waals surface area contributed by atoms with Gasteiger partial charge in [0.25, 0.3) is 0 Å².